The first-order valence-electron chi connectivity index (χ1n) is 3.24. The third-order valence-corrected chi connectivity index (χ3v) is 1.18. The summed E-state index contributed by atoms with van der Waals surface area (Å²) in [6.45, 7) is -3.12. The van der Waals surface area contributed by atoms with E-state index in [2.05, 4.69) is 4.74 Å². The lowest BCUT2D eigenvalue weighted by Gasteiger charge is -2.24. The number of ether oxygens (including phenoxy) is 1. The number of halogens is 10. The minimum atomic E-state index is -6.37. The van der Waals surface area contributed by atoms with E-state index in [0.717, 1.165) is 0 Å². The number of rotatable bonds is 3. The van der Waals surface area contributed by atoms with Crippen LogP contribution in [-0.4, -0.2) is 31.0 Å². The molecule has 0 aromatic rings. The SMILES string of the molecule is FC(F)(F)C(F)(F)COC(F)(F)C(F)(F)F. The first-order valence-corrected chi connectivity index (χ1v) is 3.24. The summed E-state index contributed by atoms with van der Waals surface area (Å²) in [4.78, 5) is 0. The fourth-order valence-electron chi connectivity index (χ4n) is 0.345. The largest absolute Gasteiger partial charge is 0.482 e. The van der Waals surface area contributed by atoms with Gasteiger partial charge < -0.3 is 4.74 Å². The average Bonchev–Trinajstić information content (AvgIpc) is 1.97. The minimum absolute atomic E-state index is 2.26. The van der Waals surface area contributed by atoms with Gasteiger partial charge in [0.15, 0.2) is 0 Å². The lowest BCUT2D eigenvalue weighted by molar-refractivity contribution is -0.411. The van der Waals surface area contributed by atoms with E-state index >= 15 is 0 Å². The second kappa shape index (κ2) is 3.93. The topological polar surface area (TPSA) is 9.23 Å². The van der Waals surface area contributed by atoms with E-state index in [1.807, 2.05) is 0 Å². The second-order valence-electron chi connectivity index (χ2n) is 2.51. The van der Waals surface area contributed by atoms with Gasteiger partial charge in [0.05, 0.1) is 0 Å². The molecule has 0 N–H and O–H groups in total. The molecule has 0 aromatic heterocycles. The lowest BCUT2D eigenvalue weighted by atomic mass is 10.3. The standard InChI is InChI=1S/C5H2F10O/c6-2(7,3(8,9)10)1-16-5(14,15)4(11,12)13/h1H2. The molecule has 0 fully saturated rings. The average molecular weight is 268 g/mol. The number of hydrogen-bond donors (Lipinski definition) is 0. The smallest absolute Gasteiger partial charge is 0.306 e. The van der Waals surface area contributed by atoms with Gasteiger partial charge in [0, 0.05) is 0 Å². The van der Waals surface area contributed by atoms with Gasteiger partial charge in [-0.25, -0.2) is 0 Å². The molecule has 0 bridgehead atoms. The third-order valence-electron chi connectivity index (χ3n) is 1.18. The summed E-state index contributed by atoms with van der Waals surface area (Å²) in [5, 5.41) is 0. The Morgan fingerprint density at radius 2 is 1.00 bits per heavy atom. The van der Waals surface area contributed by atoms with Crippen LogP contribution in [0.15, 0.2) is 0 Å². The molecule has 0 saturated heterocycles. The van der Waals surface area contributed by atoms with Crippen molar-refractivity contribution < 1.29 is 48.6 Å². The fraction of sp³-hybridized carbons (Fsp3) is 1.00. The Hall–Kier alpha value is -0.740. The first kappa shape index (κ1) is 15.3. The van der Waals surface area contributed by atoms with Crippen molar-refractivity contribution in [2.45, 2.75) is 24.4 Å². The van der Waals surface area contributed by atoms with E-state index in [1.54, 1.807) is 0 Å². The second-order valence-corrected chi connectivity index (χ2v) is 2.51. The van der Waals surface area contributed by atoms with Crippen LogP contribution in [0.3, 0.4) is 0 Å². The molecule has 11 heteroatoms. The summed E-state index contributed by atoms with van der Waals surface area (Å²) in [6, 6.07) is 0. The van der Waals surface area contributed by atoms with Gasteiger partial charge in [-0.2, -0.15) is 43.9 Å². The molecule has 0 radical (unpaired) electrons. The number of alkyl halides is 10. The highest BCUT2D eigenvalue weighted by Gasteiger charge is 2.64. The zero-order valence-corrected chi connectivity index (χ0v) is 6.89. The van der Waals surface area contributed by atoms with Gasteiger partial charge in [-0.05, 0) is 0 Å². The summed E-state index contributed by atoms with van der Waals surface area (Å²) in [7, 11) is 0. The van der Waals surface area contributed by atoms with Gasteiger partial charge in [0.25, 0.3) is 0 Å². The van der Waals surface area contributed by atoms with Crippen LogP contribution in [0.2, 0.25) is 0 Å². The Morgan fingerprint density at radius 3 is 1.25 bits per heavy atom. The monoisotopic (exact) mass is 268 g/mol. The molecule has 0 spiro atoms. The van der Waals surface area contributed by atoms with E-state index in [-0.39, 0.29) is 0 Å². The quantitative estimate of drug-likeness (QED) is 0.713. The summed E-state index contributed by atoms with van der Waals surface area (Å²) in [5.74, 6) is -5.79. The van der Waals surface area contributed by atoms with Crippen LogP contribution >= 0.6 is 0 Å². The van der Waals surface area contributed by atoms with Gasteiger partial charge in [0.1, 0.15) is 6.61 Å². The molecule has 0 unspecified atom stereocenters. The van der Waals surface area contributed by atoms with Gasteiger partial charge >= 0.3 is 24.4 Å². The minimum Gasteiger partial charge on any atom is -0.306 e. The van der Waals surface area contributed by atoms with Gasteiger partial charge in [0.2, 0.25) is 0 Å². The number of hydrogen-bond acceptors (Lipinski definition) is 1. The summed E-state index contributed by atoms with van der Waals surface area (Å²) < 4.78 is 118. The van der Waals surface area contributed by atoms with Crippen LogP contribution in [0.25, 0.3) is 0 Å². The van der Waals surface area contributed by atoms with Crippen LogP contribution in [0.1, 0.15) is 0 Å². The zero-order chi connectivity index (χ0) is 13.4. The molecule has 0 heterocycles. The molecular formula is C5H2F10O. The molecule has 0 amide bonds. The van der Waals surface area contributed by atoms with E-state index in [1.165, 1.54) is 0 Å². The Labute approximate surface area is 81.0 Å². The van der Waals surface area contributed by atoms with Crippen molar-refractivity contribution in [3.63, 3.8) is 0 Å². The van der Waals surface area contributed by atoms with Crippen LogP contribution in [-0.2, 0) is 4.74 Å². The molecule has 0 rings (SSSR count). The first-order chi connectivity index (χ1) is 6.71. The van der Waals surface area contributed by atoms with Crippen LogP contribution in [0, 0.1) is 0 Å². The molecule has 0 saturated carbocycles. The highest BCUT2D eigenvalue weighted by molar-refractivity contribution is 4.77. The molecule has 0 atom stereocenters. The zero-order valence-electron chi connectivity index (χ0n) is 6.89. The van der Waals surface area contributed by atoms with Crippen molar-refractivity contribution in [3.8, 4) is 0 Å². The Kier molecular flexibility index (Phi) is 3.75. The van der Waals surface area contributed by atoms with Gasteiger partial charge in [-0.3, -0.25) is 0 Å². The van der Waals surface area contributed by atoms with Crippen molar-refractivity contribution in [3.05, 3.63) is 0 Å². The molecule has 0 aliphatic carbocycles. The van der Waals surface area contributed by atoms with Crippen molar-refractivity contribution in [1.82, 2.24) is 0 Å². The predicted octanol–water partition coefficient (Wildman–Crippen LogP) is 3.36. The summed E-state index contributed by atoms with van der Waals surface area (Å²) in [6.07, 6.45) is -18.7. The Morgan fingerprint density at radius 1 is 0.625 bits per heavy atom. The highest BCUT2D eigenvalue weighted by atomic mass is 19.4. The Balaban J connectivity index is 4.59. The van der Waals surface area contributed by atoms with Crippen LogP contribution in [0.5, 0.6) is 0 Å². The van der Waals surface area contributed by atoms with Crippen molar-refractivity contribution in [2.24, 2.45) is 0 Å². The van der Waals surface area contributed by atoms with Gasteiger partial charge in [-0.1, -0.05) is 0 Å². The van der Waals surface area contributed by atoms with Crippen molar-refractivity contribution in [2.75, 3.05) is 6.61 Å². The maximum absolute atomic E-state index is 11.9. The molecule has 98 valence electrons. The molecule has 0 aromatic carbocycles. The molecule has 0 aliphatic heterocycles. The van der Waals surface area contributed by atoms with Crippen LogP contribution in [0.4, 0.5) is 43.9 Å². The van der Waals surface area contributed by atoms with E-state index in [4.69, 9.17) is 0 Å². The maximum Gasteiger partial charge on any atom is 0.482 e. The van der Waals surface area contributed by atoms with E-state index < -0.39 is 31.0 Å². The predicted molar refractivity (Wildman–Crippen MR) is 28.0 cm³/mol. The maximum atomic E-state index is 11.9. The van der Waals surface area contributed by atoms with E-state index in [9.17, 15) is 43.9 Å². The molecule has 16 heavy (non-hydrogen) atoms. The fourth-order valence-corrected chi connectivity index (χ4v) is 0.345. The molecular weight excluding hydrogens is 266 g/mol. The van der Waals surface area contributed by atoms with Crippen LogP contribution < -0.4 is 0 Å². The van der Waals surface area contributed by atoms with Crippen molar-refractivity contribution >= 4 is 0 Å². The van der Waals surface area contributed by atoms with E-state index in [0.29, 0.717) is 0 Å². The van der Waals surface area contributed by atoms with Crippen molar-refractivity contribution in [1.29, 1.82) is 0 Å². The highest BCUT2D eigenvalue weighted by Crippen LogP contribution is 2.40. The summed E-state index contributed by atoms with van der Waals surface area (Å²) in [5.41, 5.74) is 0. The normalized spacial score (nSPS) is 15.4. The molecule has 1 nitrogen and oxygen atoms in total. The Bertz CT molecular complexity index is 211. The summed E-state index contributed by atoms with van der Waals surface area (Å²) >= 11 is 0. The van der Waals surface area contributed by atoms with Gasteiger partial charge in [-0.15, -0.1) is 0 Å². The molecule has 0 aliphatic rings. The lowest BCUT2D eigenvalue weighted by Crippen LogP contribution is -2.47. The third kappa shape index (κ3) is 3.39.